The summed E-state index contributed by atoms with van der Waals surface area (Å²) in [6.45, 7) is 0. The number of fused-ring (bicyclic) bond motifs is 1. The summed E-state index contributed by atoms with van der Waals surface area (Å²) >= 11 is 4.80. The SMILES string of the molecule is CSc1ncc(CC(O)n2cc3ccc(Br)cc3c2)c(=O)[nH]1. The van der Waals surface area contributed by atoms with E-state index in [1.165, 1.54) is 18.0 Å². The number of H-pyrrole nitrogens is 1. The fraction of sp³-hybridized carbons (Fsp3) is 0.200. The minimum absolute atomic E-state index is 0.207. The third kappa shape index (κ3) is 3.11. The molecule has 114 valence electrons. The van der Waals surface area contributed by atoms with E-state index in [0.717, 1.165) is 15.2 Å². The molecule has 0 aliphatic heterocycles. The molecule has 2 heterocycles. The van der Waals surface area contributed by atoms with Crippen molar-refractivity contribution in [2.24, 2.45) is 0 Å². The van der Waals surface area contributed by atoms with Gasteiger partial charge in [-0.1, -0.05) is 33.8 Å². The average Bonchev–Trinajstić information content (AvgIpc) is 2.92. The summed E-state index contributed by atoms with van der Waals surface area (Å²) in [7, 11) is 0. The number of nitrogens with one attached hydrogen (secondary N) is 1. The predicted octanol–water partition coefficient (Wildman–Crippen LogP) is 2.94. The van der Waals surface area contributed by atoms with Crippen molar-refractivity contribution in [1.29, 1.82) is 0 Å². The molecule has 1 atom stereocenters. The third-order valence-electron chi connectivity index (χ3n) is 3.41. The Balaban J connectivity index is 1.86. The van der Waals surface area contributed by atoms with Crippen molar-refractivity contribution in [2.75, 3.05) is 6.26 Å². The number of aliphatic hydroxyl groups excluding tert-OH is 1. The second kappa shape index (κ2) is 6.28. The van der Waals surface area contributed by atoms with Crippen LogP contribution in [0.15, 0.2) is 51.2 Å². The standard InChI is InChI=1S/C15H14BrN3O2S/c1-22-15-17-6-10(14(21)18-15)5-13(20)19-7-9-2-3-12(16)4-11(9)8-19/h2-4,6-8,13,20H,5H2,1H3,(H,17,18,21). The number of aliphatic hydroxyl groups is 1. The van der Waals surface area contributed by atoms with Crippen LogP contribution in [0.2, 0.25) is 0 Å². The Bertz CT molecular complexity index is 875. The van der Waals surface area contributed by atoms with Crippen LogP contribution in [0.3, 0.4) is 0 Å². The van der Waals surface area contributed by atoms with Crippen LogP contribution < -0.4 is 5.56 Å². The van der Waals surface area contributed by atoms with Crippen LogP contribution in [0.25, 0.3) is 10.8 Å². The molecule has 3 aromatic rings. The van der Waals surface area contributed by atoms with Gasteiger partial charge in [0.15, 0.2) is 5.16 Å². The zero-order valence-corrected chi connectivity index (χ0v) is 14.2. The van der Waals surface area contributed by atoms with Gasteiger partial charge in [0, 0.05) is 40.4 Å². The molecule has 0 aliphatic rings. The molecule has 0 aliphatic carbocycles. The molecule has 0 radical (unpaired) electrons. The summed E-state index contributed by atoms with van der Waals surface area (Å²) in [6.07, 6.45) is 6.49. The Labute approximate surface area is 139 Å². The lowest BCUT2D eigenvalue weighted by molar-refractivity contribution is 0.105. The molecule has 0 fully saturated rings. The van der Waals surface area contributed by atoms with Crippen molar-refractivity contribution < 1.29 is 5.11 Å². The highest BCUT2D eigenvalue weighted by atomic mass is 79.9. The molecule has 1 unspecified atom stereocenters. The number of nitrogens with zero attached hydrogens (tertiary/aromatic N) is 2. The van der Waals surface area contributed by atoms with Crippen LogP contribution in [-0.4, -0.2) is 25.9 Å². The Kier molecular flexibility index (Phi) is 4.37. The first-order valence-electron chi connectivity index (χ1n) is 6.64. The van der Waals surface area contributed by atoms with E-state index in [4.69, 9.17) is 0 Å². The van der Waals surface area contributed by atoms with Gasteiger partial charge in [0.05, 0.1) is 0 Å². The van der Waals surface area contributed by atoms with Gasteiger partial charge in [-0.2, -0.15) is 0 Å². The van der Waals surface area contributed by atoms with Gasteiger partial charge in [-0.15, -0.1) is 0 Å². The monoisotopic (exact) mass is 379 g/mol. The van der Waals surface area contributed by atoms with Gasteiger partial charge < -0.3 is 14.7 Å². The Hall–Kier alpha value is -1.57. The topological polar surface area (TPSA) is 70.9 Å². The number of benzene rings is 1. The van der Waals surface area contributed by atoms with Crippen molar-refractivity contribution in [3.05, 3.63) is 57.2 Å². The molecule has 2 N–H and O–H groups in total. The molecule has 0 amide bonds. The molecular formula is C15H14BrN3O2S. The second-order valence-electron chi connectivity index (χ2n) is 4.91. The number of thioether (sulfide) groups is 1. The number of aromatic amines is 1. The van der Waals surface area contributed by atoms with Gasteiger partial charge in [-0.25, -0.2) is 4.98 Å². The first-order chi connectivity index (χ1) is 10.6. The summed E-state index contributed by atoms with van der Waals surface area (Å²) in [4.78, 5) is 18.8. The third-order valence-corrected chi connectivity index (χ3v) is 4.50. The van der Waals surface area contributed by atoms with Gasteiger partial charge >= 0.3 is 0 Å². The number of aromatic nitrogens is 3. The summed E-state index contributed by atoms with van der Waals surface area (Å²) in [5, 5.41) is 13.0. The lowest BCUT2D eigenvalue weighted by Crippen LogP contribution is -2.19. The summed E-state index contributed by atoms with van der Waals surface area (Å²) < 4.78 is 2.69. The van der Waals surface area contributed by atoms with E-state index >= 15 is 0 Å². The van der Waals surface area contributed by atoms with Crippen molar-refractivity contribution in [3.8, 4) is 0 Å². The van der Waals surface area contributed by atoms with Crippen LogP contribution in [-0.2, 0) is 6.42 Å². The Morgan fingerprint density at radius 2 is 2.18 bits per heavy atom. The average molecular weight is 380 g/mol. The quantitative estimate of drug-likeness (QED) is 0.539. The summed E-state index contributed by atoms with van der Waals surface area (Å²) in [6, 6.07) is 5.92. The van der Waals surface area contributed by atoms with Gasteiger partial charge in [-0.05, 0) is 23.8 Å². The van der Waals surface area contributed by atoms with Crippen molar-refractivity contribution in [1.82, 2.24) is 14.5 Å². The smallest absolute Gasteiger partial charge is 0.254 e. The van der Waals surface area contributed by atoms with E-state index in [-0.39, 0.29) is 12.0 Å². The number of hydrogen-bond acceptors (Lipinski definition) is 4. The van der Waals surface area contributed by atoms with E-state index in [0.29, 0.717) is 10.7 Å². The molecule has 0 spiro atoms. The predicted molar refractivity (Wildman–Crippen MR) is 91.2 cm³/mol. The summed E-state index contributed by atoms with van der Waals surface area (Å²) in [5.74, 6) is 0. The number of halogens is 1. The van der Waals surface area contributed by atoms with E-state index in [2.05, 4.69) is 25.9 Å². The maximum Gasteiger partial charge on any atom is 0.254 e. The fourth-order valence-electron chi connectivity index (χ4n) is 2.26. The van der Waals surface area contributed by atoms with E-state index in [1.54, 1.807) is 4.57 Å². The Morgan fingerprint density at radius 1 is 1.41 bits per heavy atom. The van der Waals surface area contributed by atoms with Crippen LogP contribution in [0.1, 0.15) is 11.8 Å². The van der Waals surface area contributed by atoms with Crippen LogP contribution >= 0.6 is 27.7 Å². The first-order valence-corrected chi connectivity index (χ1v) is 8.65. The molecule has 0 bridgehead atoms. The minimum atomic E-state index is -0.811. The van der Waals surface area contributed by atoms with Crippen LogP contribution in [0.5, 0.6) is 0 Å². The zero-order chi connectivity index (χ0) is 15.7. The molecule has 2 aromatic heterocycles. The fourth-order valence-corrected chi connectivity index (χ4v) is 2.99. The highest BCUT2D eigenvalue weighted by Gasteiger charge is 2.12. The number of rotatable bonds is 4. The largest absolute Gasteiger partial charge is 0.373 e. The maximum atomic E-state index is 11.9. The molecular weight excluding hydrogens is 366 g/mol. The van der Waals surface area contributed by atoms with Gasteiger partial charge in [0.25, 0.3) is 5.56 Å². The van der Waals surface area contributed by atoms with E-state index in [1.807, 2.05) is 36.8 Å². The molecule has 0 saturated heterocycles. The molecule has 1 aromatic carbocycles. The minimum Gasteiger partial charge on any atom is -0.373 e. The van der Waals surface area contributed by atoms with Crippen molar-refractivity contribution in [3.63, 3.8) is 0 Å². The van der Waals surface area contributed by atoms with Gasteiger partial charge in [-0.3, -0.25) is 4.79 Å². The lowest BCUT2D eigenvalue weighted by Gasteiger charge is -2.11. The van der Waals surface area contributed by atoms with Crippen LogP contribution in [0.4, 0.5) is 0 Å². The van der Waals surface area contributed by atoms with Gasteiger partial charge in [0.2, 0.25) is 0 Å². The molecule has 5 nitrogen and oxygen atoms in total. The zero-order valence-electron chi connectivity index (χ0n) is 11.8. The molecule has 0 saturated carbocycles. The number of hydrogen-bond donors (Lipinski definition) is 2. The van der Waals surface area contributed by atoms with Gasteiger partial charge in [0.1, 0.15) is 6.23 Å². The van der Waals surface area contributed by atoms with Crippen molar-refractivity contribution in [2.45, 2.75) is 17.8 Å². The molecule has 22 heavy (non-hydrogen) atoms. The molecule has 3 rings (SSSR count). The highest BCUT2D eigenvalue weighted by molar-refractivity contribution is 9.10. The van der Waals surface area contributed by atoms with E-state index < -0.39 is 6.23 Å². The lowest BCUT2D eigenvalue weighted by atomic mass is 10.2. The first kappa shape index (κ1) is 15.3. The highest BCUT2D eigenvalue weighted by Crippen LogP contribution is 2.23. The second-order valence-corrected chi connectivity index (χ2v) is 6.62. The summed E-state index contributed by atoms with van der Waals surface area (Å²) in [5.41, 5.74) is 0.252. The molecule has 7 heteroatoms. The van der Waals surface area contributed by atoms with E-state index in [9.17, 15) is 9.90 Å². The van der Waals surface area contributed by atoms with Crippen molar-refractivity contribution >= 4 is 38.5 Å². The normalized spacial score (nSPS) is 12.7. The van der Waals surface area contributed by atoms with Crippen LogP contribution in [0, 0.1) is 0 Å². The Morgan fingerprint density at radius 3 is 2.91 bits per heavy atom. The maximum absolute atomic E-state index is 11.9.